The van der Waals surface area contributed by atoms with Crippen molar-refractivity contribution < 1.29 is 9.18 Å². The highest BCUT2D eigenvalue weighted by Crippen LogP contribution is 2.12. The smallest absolute Gasteiger partial charge is 0.254 e. The minimum Gasteiger partial charge on any atom is -0.322 e. The normalized spacial score (nSPS) is 10.7. The van der Waals surface area contributed by atoms with Crippen molar-refractivity contribution in [1.82, 2.24) is 9.55 Å². The topological polar surface area (TPSA) is 64.0 Å². The van der Waals surface area contributed by atoms with Crippen molar-refractivity contribution in [2.45, 2.75) is 26.3 Å². The fourth-order valence-electron chi connectivity index (χ4n) is 1.78. The average molecular weight is 289 g/mol. The van der Waals surface area contributed by atoms with Gasteiger partial charge in [-0.2, -0.15) is 0 Å². The Balaban J connectivity index is 2.10. The second-order valence-electron chi connectivity index (χ2n) is 4.96. The molecular formula is C15H16FN3O2. The van der Waals surface area contributed by atoms with Gasteiger partial charge in [0.2, 0.25) is 5.91 Å². The number of rotatable bonds is 4. The number of hydrogen-bond donors (Lipinski definition) is 1. The zero-order valence-corrected chi connectivity index (χ0v) is 11.8. The van der Waals surface area contributed by atoms with E-state index in [0.29, 0.717) is 5.69 Å². The summed E-state index contributed by atoms with van der Waals surface area (Å²) in [7, 11) is 0. The van der Waals surface area contributed by atoms with Gasteiger partial charge in [-0.15, -0.1) is 0 Å². The maximum absolute atomic E-state index is 13.4. The van der Waals surface area contributed by atoms with Gasteiger partial charge in [-0.05, 0) is 18.1 Å². The number of carbonyl (C=O) groups excluding carboxylic acids is 1. The number of para-hydroxylation sites is 1. The fourth-order valence-corrected chi connectivity index (χ4v) is 1.78. The molecular weight excluding hydrogens is 273 g/mol. The maximum Gasteiger partial charge on any atom is 0.254 e. The monoisotopic (exact) mass is 289 g/mol. The quantitative estimate of drug-likeness (QED) is 0.938. The molecule has 6 heteroatoms. The van der Waals surface area contributed by atoms with Gasteiger partial charge in [0.25, 0.3) is 5.56 Å². The van der Waals surface area contributed by atoms with Gasteiger partial charge >= 0.3 is 0 Å². The van der Waals surface area contributed by atoms with E-state index in [1.54, 1.807) is 6.07 Å². The van der Waals surface area contributed by atoms with E-state index in [2.05, 4.69) is 10.3 Å². The molecule has 1 aromatic carbocycles. The van der Waals surface area contributed by atoms with Crippen molar-refractivity contribution in [2.24, 2.45) is 0 Å². The minimum atomic E-state index is -0.522. The van der Waals surface area contributed by atoms with Crippen LogP contribution in [-0.4, -0.2) is 15.5 Å². The van der Waals surface area contributed by atoms with Crippen LogP contribution in [0.1, 0.15) is 25.5 Å². The molecule has 0 radical (unpaired) electrons. The fraction of sp³-hybridized carbons (Fsp3) is 0.267. The van der Waals surface area contributed by atoms with Crippen LogP contribution >= 0.6 is 0 Å². The number of nitrogens with zero attached hydrogens (tertiary/aromatic N) is 2. The van der Waals surface area contributed by atoms with Crippen molar-refractivity contribution in [3.8, 4) is 0 Å². The van der Waals surface area contributed by atoms with Crippen LogP contribution in [0.25, 0.3) is 0 Å². The Hall–Kier alpha value is -2.50. The number of carbonyl (C=O) groups is 1. The zero-order chi connectivity index (χ0) is 15.4. The predicted molar refractivity (Wildman–Crippen MR) is 77.6 cm³/mol. The van der Waals surface area contributed by atoms with E-state index in [-0.39, 0.29) is 23.7 Å². The molecule has 0 aliphatic carbocycles. The van der Waals surface area contributed by atoms with Crippen molar-refractivity contribution in [3.05, 3.63) is 58.5 Å². The van der Waals surface area contributed by atoms with Crippen molar-refractivity contribution >= 4 is 11.6 Å². The van der Waals surface area contributed by atoms with Crippen LogP contribution in [0.5, 0.6) is 0 Å². The molecule has 0 saturated heterocycles. The predicted octanol–water partition coefficient (Wildman–Crippen LogP) is 2.14. The highest BCUT2D eigenvalue weighted by atomic mass is 19.1. The van der Waals surface area contributed by atoms with Crippen LogP contribution in [0.15, 0.2) is 41.5 Å². The molecule has 1 aromatic heterocycles. The number of aromatic nitrogens is 2. The van der Waals surface area contributed by atoms with E-state index in [0.717, 1.165) is 0 Å². The second kappa shape index (κ2) is 6.30. The molecule has 1 N–H and O–H groups in total. The van der Waals surface area contributed by atoms with E-state index in [9.17, 15) is 14.0 Å². The molecule has 110 valence electrons. The Morgan fingerprint density at radius 2 is 2.10 bits per heavy atom. The Bertz CT molecular complexity index is 710. The molecule has 0 saturated carbocycles. The SMILES string of the molecule is CC(C)c1cc(=O)n(CC(=O)Nc2ccccc2F)cn1. The van der Waals surface area contributed by atoms with Gasteiger partial charge in [0.1, 0.15) is 12.4 Å². The van der Waals surface area contributed by atoms with Crippen molar-refractivity contribution in [2.75, 3.05) is 5.32 Å². The number of hydrogen-bond acceptors (Lipinski definition) is 3. The minimum absolute atomic E-state index is 0.0855. The van der Waals surface area contributed by atoms with Crippen molar-refractivity contribution in [3.63, 3.8) is 0 Å². The van der Waals surface area contributed by atoms with E-state index < -0.39 is 11.7 Å². The number of anilines is 1. The Kier molecular flexibility index (Phi) is 4.47. The van der Waals surface area contributed by atoms with Crippen LogP contribution < -0.4 is 10.9 Å². The first kappa shape index (κ1) is 14.9. The summed E-state index contributed by atoms with van der Waals surface area (Å²) in [5.74, 6) is -0.868. The molecule has 2 rings (SSSR count). The molecule has 21 heavy (non-hydrogen) atoms. The highest BCUT2D eigenvalue weighted by Gasteiger charge is 2.09. The van der Waals surface area contributed by atoms with E-state index >= 15 is 0 Å². The van der Waals surface area contributed by atoms with Gasteiger partial charge in [-0.3, -0.25) is 14.2 Å². The van der Waals surface area contributed by atoms with Gasteiger partial charge in [-0.1, -0.05) is 26.0 Å². The molecule has 1 amide bonds. The van der Waals surface area contributed by atoms with E-state index in [1.807, 2.05) is 13.8 Å². The van der Waals surface area contributed by atoms with Crippen LogP contribution in [0.2, 0.25) is 0 Å². The largest absolute Gasteiger partial charge is 0.322 e. The molecule has 0 unspecified atom stereocenters. The van der Waals surface area contributed by atoms with E-state index in [1.165, 1.54) is 35.2 Å². The molecule has 0 aliphatic rings. The summed E-state index contributed by atoms with van der Waals surface area (Å²) in [5.41, 5.74) is 0.449. The lowest BCUT2D eigenvalue weighted by Crippen LogP contribution is -2.28. The summed E-state index contributed by atoms with van der Waals surface area (Å²) in [4.78, 5) is 27.8. The first-order valence-electron chi connectivity index (χ1n) is 6.58. The van der Waals surface area contributed by atoms with Gasteiger partial charge < -0.3 is 5.32 Å². The third-order valence-corrected chi connectivity index (χ3v) is 2.95. The number of benzene rings is 1. The first-order valence-corrected chi connectivity index (χ1v) is 6.58. The Morgan fingerprint density at radius 3 is 2.71 bits per heavy atom. The van der Waals surface area contributed by atoms with Gasteiger partial charge in [0.05, 0.1) is 17.7 Å². The summed E-state index contributed by atoms with van der Waals surface area (Å²) in [6.07, 6.45) is 1.33. The molecule has 5 nitrogen and oxygen atoms in total. The third-order valence-electron chi connectivity index (χ3n) is 2.95. The molecule has 0 aliphatic heterocycles. The lowest BCUT2D eigenvalue weighted by molar-refractivity contribution is -0.116. The first-order chi connectivity index (χ1) is 9.97. The summed E-state index contributed by atoms with van der Waals surface area (Å²) in [6.45, 7) is 3.65. The van der Waals surface area contributed by atoms with Gasteiger partial charge in [0, 0.05) is 6.07 Å². The maximum atomic E-state index is 13.4. The van der Waals surface area contributed by atoms with Crippen LogP contribution in [0.4, 0.5) is 10.1 Å². The Morgan fingerprint density at radius 1 is 1.38 bits per heavy atom. The average Bonchev–Trinajstić information content (AvgIpc) is 2.43. The van der Waals surface area contributed by atoms with Crippen molar-refractivity contribution in [1.29, 1.82) is 0 Å². The molecule has 0 atom stereocenters. The zero-order valence-electron chi connectivity index (χ0n) is 11.8. The van der Waals surface area contributed by atoms with Crippen LogP contribution in [0.3, 0.4) is 0 Å². The summed E-state index contributed by atoms with van der Waals surface area (Å²) >= 11 is 0. The number of nitrogens with one attached hydrogen (secondary N) is 1. The summed E-state index contributed by atoms with van der Waals surface area (Å²) in [6, 6.07) is 7.26. The molecule has 1 heterocycles. The molecule has 0 bridgehead atoms. The van der Waals surface area contributed by atoms with Crippen LogP contribution in [0, 0.1) is 5.82 Å². The highest BCUT2D eigenvalue weighted by molar-refractivity contribution is 5.90. The van der Waals surface area contributed by atoms with E-state index in [4.69, 9.17) is 0 Å². The molecule has 0 fully saturated rings. The third kappa shape index (κ3) is 3.75. The summed E-state index contributed by atoms with van der Waals surface area (Å²) < 4.78 is 14.6. The summed E-state index contributed by atoms with van der Waals surface area (Å²) in [5, 5.41) is 2.42. The molecule has 0 spiro atoms. The van der Waals surface area contributed by atoms with Gasteiger partial charge in [-0.25, -0.2) is 9.37 Å². The standard InChI is InChI=1S/C15H16FN3O2/c1-10(2)13-7-15(21)19(9-17-13)8-14(20)18-12-6-4-3-5-11(12)16/h3-7,9-10H,8H2,1-2H3,(H,18,20). The number of halogens is 1. The lowest BCUT2D eigenvalue weighted by atomic mass is 10.1. The lowest BCUT2D eigenvalue weighted by Gasteiger charge is -2.09. The van der Waals surface area contributed by atoms with Crippen LogP contribution in [-0.2, 0) is 11.3 Å². The molecule has 2 aromatic rings. The Labute approximate surface area is 121 Å². The number of amides is 1. The van der Waals surface area contributed by atoms with Gasteiger partial charge in [0.15, 0.2) is 0 Å². The second-order valence-corrected chi connectivity index (χ2v) is 4.96.